The van der Waals surface area contributed by atoms with Gasteiger partial charge in [0.05, 0.1) is 25.3 Å². The quantitative estimate of drug-likeness (QED) is 0.512. The molecule has 26 heavy (non-hydrogen) atoms. The van der Waals surface area contributed by atoms with E-state index in [4.69, 9.17) is 18.5 Å². The first-order valence-corrected chi connectivity index (χ1v) is 8.72. The summed E-state index contributed by atoms with van der Waals surface area (Å²) >= 11 is 0. The maximum atomic E-state index is 12.0. The zero-order chi connectivity index (χ0) is 18.9. The third-order valence-corrected chi connectivity index (χ3v) is 4.18. The molecule has 0 atom stereocenters. The van der Waals surface area contributed by atoms with Gasteiger partial charge in [-0.3, -0.25) is 0 Å². The van der Waals surface area contributed by atoms with Crippen LogP contribution in [-0.4, -0.2) is 26.2 Å². The van der Waals surface area contributed by atoms with Crippen molar-refractivity contribution in [3.05, 3.63) is 70.8 Å². The van der Waals surface area contributed by atoms with Crippen molar-refractivity contribution in [2.24, 2.45) is 0 Å². The number of methoxy groups -OCH3 is 2. The standard InChI is InChI=1S/C18H18O7P/c1-22-17(19)15-9-5-3-7-13(15)11-24-26(21)25-12-14-8-4-6-10-16(14)18(20)23-2/h3-10H,11-12H2,1-2H3/q+1. The Labute approximate surface area is 151 Å². The highest BCUT2D eigenvalue weighted by atomic mass is 31.1. The Morgan fingerprint density at radius 1 is 0.769 bits per heavy atom. The van der Waals surface area contributed by atoms with Crippen LogP contribution in [0.15, 0.2) is 48.5 Å². The third kappa shape index (κ3) is 5.20. The number of carbonyl (C=O) groups excluding carboxylic acids is 2. The minimum absolute atomic E-state index is 0.0842. The van der Waals surface area contributed by atoms with Crippen molar-refractivity contribution >= 4 is 20.2 Å². The van der Waals surface area contributed by atoms with Crippen LogP contribution < -0.4 is 0 Å². The normalized spacial score (nSPS) is 10.2. The fraction of sp³-hybridized carbons (Fsp3) is 0.222. The lowest BCUT2D eigenvalue weighted by Gasteiger charge is -2.05. The van der Waals surface area contributed by atoms with Gasteiger partial charge in [-0.25, -0.2) is 9.59 Å². The van der Waals surface area contributed by atoms with E-state index >= 15 is 0 Å². The minimum Gasteiger partial charge on any atom is -0.465 e. The molecule has 0 unspecified atom stereocenters. The van der Waals surface area contributed by atoms with Crippen molar-refractivity contribution in [1.29, 1.82) is 0 Å². The average Bonchev–Trinajstić information content (AvgIpc) is 2.69. The summed E-state index contributed by atoms with van der Waals surface area (Å²) in [5, 5.41) is 0. The largest absolute Gasteiger partial charge is 0.698 e. The van der Waals surface area contributed by atoms with E-state index < -0.39 is 20.2 Å². The van der Waals surface area contributed by atoms with Crippen molar-refractivity contribution in [2.75, 3.05) is 14.2 Å². The predicted molar refractivity (Wildman–Crippen MR) is 92.7 cm³/mol. The molecule has 2 aromatic carbocycles. The van der Waals surface area contributed by atoms with Crippen LogP contribution in [-0.2, 0) is 36.3 Å². The molecule has 0 spiro atoms. The molecular weight excluding hydrogens is 359 g/mol. The Hall–Kier alpha value is -2.60. The van der Waals surface area contributed by atoms with E-state index in [0.29, 0.717) is 22.3 Å². The van der Waals surface area contributed by atoms with Crippen molar-refractivity contribution in [2.45, 2.75) is 13.2 Å². The minimum atomic E-state index is -2.45. The molecule has 0 aromatic heterocycles. The molecule has 0 saturated heterocycles. The second kappa shape index (κ2) is 9.77. The first-order chi connectivity index (χ1) is 12.6. The Kier molecular flexibility index (Phi) is 7.41. The fourth-order valence-corrected chi connectivity index (χ4v) is 2.76. The molecule has 0 radical (unpaired) electrons. The summed E-state index contributed by atoms with van der Waals surface area (Å²) in [6, 6.07) is 13.4. The van der Waals surface area contributed by atoms with Crippen LogP contribution in [0, 0.1) is 0 Å². The number of rotatable bonds is 8. The van der Waals surface area contributed by atoms with Gasteiger partial charge in [0.1, 0.15) is 13.2 Å². The summed E-state index contributed by atoms with van der Waals surface area (Å²) in [4.78, 5) is 23.4. The lowest BCUT2D eigenvalue weighted by molar-refractivity contribution is 0.0589. The second-order valence-corrected chi connectivity index (χ2v) is 6.03. The average molecular weight is 377 g/mol. The molecule has 0 aliphatic carbocycles. The molecule has 2 aromatic rings. The summed E-state index contributed by atoms with van der Waals surface area (Å²) in [7, 11) is 0.106. The fourth-order valence-electron chi connectivity index (χ4n) is 2.19. The van der Waals surface area contributed by atoms with E-state index in [2.05, 4.69) is 0 Å². The van der Waals surface area contributed by atoms with Gasteiger partial charge in [-0.05, 0) is 23.3 Å². The van der Waals surface area contributed by atoms with Gasteiger partial charge in [-0.1, -0.05) is 36.4 Å². The molecule has 0 saturated carbocycles. The Balaban J connectivity index is 1.95. The van der Waals surface area contributed by atoms with Crippen LogP contribution in [0.2, 0.25) is 0 Å². The van der Waals surface area contributed by atoms with Gasteiger partial charge in [-0.2, -0.15) is 0 Å². The van der Waals surface area contributed by atoms with Crippen LogP contribution in [0.3, 0.4) is 0 Å². The zero-order valence-corrected chi connectivity index (χ0v) is 15.2. The molecule has 0 N–H and O–H groups in total. The van der Waals surface area contributed by atoms with Gasteiger partial charge >= 0.3 is 20.2 Å². The molecule has 136 valence electrons. The Bertz CT molecular complexity index is 738. The first-order valence-electron chi connectivity index (χ1n) is 7.62. The summed E-state index contributed by atoms with van der Waals surface area (Å²) < 4.78 is 31.7. The van der Waals surface area contributed by atoms with Gasteiger partial charge in [0.2, 0.25) is 0 Å². The van der Waals surface area contributed by atoms with Crippen molar-refractivity contribution < 1.29 is 32.7 Å². The summed E-state index contributed by atoms with van der Waals surface area (Å²) in [5.41, 5.74) is 1.71. The smallest absolute Gasteiger partial charge is 0.465 e. The second-order valence-electron chi connectivity index (χ2n) is 5.07. The molecule has 7 nitrogen and oxygen atoms in total. The first kappa shape index (κ1) is 19.7. The topological polar surface area (TPSA) is 88.1 Å². The molecule has 0 aliphatic rings. The van der Waals surface area contributed by atoms with Crippen LogP contribution in [0.5, 0.6) is 0 Å². The van der Waals surface area contributed by atoms with E-state index in [9.17, 15) is 14.2 Å². The number of benzene rings is 2. The zero-order valence-electron chi connectivity index (χ0n) is 14.3. The highest BCUT2D eigenvalue weighted by Gasteiger charge is 2.24. The van der Waals surface area contributed by atoms with E-state index in [1.54, 1.807) is 48.5 Å². The van der Waals surface area contributed by atoms with Crippen LogP contribution in [0.1, 0.15) is 31.8 Å². The number of hydrogen-bond donors (Lipinski definition) is 0. The number of esters is 2. The number of hydrogen-bond acceptors (Lipinski definition) is 7. The SMILES string of the molecule is COC(=O)c1ccccc1CO[P+](=O)OCc1ccccc1C(=O)OC. The van der Waals surface area contributed by atoms with E-state index in [1.165, 1.54) is 14.2 Å². The summed E-state index contributed by atoms with van der Waals surface area (Å²) in [6.45, 7) is -0.168. The molecular formula is C18H18O7P+. The lowest BCUT2D eigenvalue weighted by Crippen LogP contribution is -2.06. The molecule has 2 rings (SSSR count). The summed E-state index contributed by atoms with van der Waals surface area (Å²) in [6.07, 6.45) is 0. The molecule has 0 heterocycles. The molecule has 0 amide bonds. The van der Waals surface area contributed by atoms with E-state index in [-0.39, 0.29) is 13.2 Å². The maximum absolute atomic E-state index is 12.0. The monoisotopic (exact) mass is 377 g/mol. The van der Waals surface area contributed by atoms with E-state index in [0.717, 1.165) is 0 Å². The highest BCUT2D eigenvalue weighted by molar-refractivity contribution is 7.33. The maximum Gasteiger partial charge on any atom is 0.698 e. The van der Waals surface area contributed by atoms with Crippen LogP contribution in [0.25, 0.3) is 0 Å². The Morgan fingerprint density at radius 3 is 1.54 bits per heavy atom. The van der Waals surface area contributed by atoms with Gasteiger partial charge < -0.3 is 9.47 Å². The van der Waals surface area contributed by atoms with Crippen LogP contribution in [0.4, 0.5) is 0 Å². The lowest BCUT2D eigenvalue weighted by atomic mass is 10.1. The van der Waals surface area contributed by atoms with Crippen molar-refractivity contribution in [1.82, 2.24) is 0 Å². The molecule has 0 aliphatic heterocycles. The van der Waals surface area contributed by atoms with Gasteiger partial charge in [0.15, 0.2) is 0 Å². The summed E-state index contributed by atoms with van der Waals surface area (Å²) in [5.74, 6) is -1.01. The Morgan fingerprint density at radius 2 is 1.15 bits per heavy atom. The van der Waals surface area contributed by atoms with Gasteiger partial charge in [0.25, 0.3) is 0 Å². The van der Waals surface area contributed by atoms with Gasteiger partial charge in [0, 0.05) is 4.57 Å². The van der Waals surface area contributed by atoms with Crippen molar-refractivity contribution in [3.8, 4) is 0 Å². The third-order valence-electron chi connectivity index (χ3n) is 3.50. The molecule has 0 fully saturated rings. The molecule has 0 bridgehead atoms. The predicted octanol–water partition coefficient (Wildman–Crippen LogP) is 3.65. The highest BCUT2D eigenvalue weighted by Crippen LogP contribution is 2.29. The van der Waals surface area contributed by atoms with Crippen molar-refractivity contribution in [3.63, 3.8) is 0 Å². The van der Waals surface area contributed by atoms with Crippen LogP contribution >= 0.6 is 8.25 Å². The van der Waals surface area contributed by atoms with Gasteiger partial charge in [-0.15, -0.1) is 9.05 Å². The van der Waals surface area contributed by atoms with E-state index in [1.807, 2.05) is 0 Å². The molecule has 8 heteroatoms. The number of carbonyl (C=O) groups is 2. The number of ether oxygens (including phenoxy) is 2.